The van der Waals surface area contributed by atoms with Gasteiger partial charge in [-0.15, -0.1) is 5.10 Å². The number of aromatic nitrogens is 4. The van der Waals surface area contributed by atoms with Gasteiger partial charge in [-0.05, 0) is 51.4 Å². The van der Waals surface area contributed by atoms with Crippen molar-refractivity contribution >= 4 is 43.7 Å². The summed E-state index contributed by atoms with van der Waals surface area (Å²) in [5.74, 6) is 1.82. The van der Waals surface area contributed by atoms with Crippen molar-refractivity contribution in [1.29, 1.82) is 0 Å². The van der Waals surface area contributed by atoms with Gasteiger partial charge in [-0.1, -0.05) is 52.0 Å². The summed E-state index contributed by atoms with van der Waals surface area (Å²) in [5, 5.41) is 14.6. The molecule has 5 aromatic rings. The van der Waals surface area contributed by atoms with Crippen molar-refractivity contribution in [1.82, 2.24) is 20.2 Å². The van der Waals surface area contributed by atoms with E-state index in [1.165, 1.54) is 33.0 Å². The molecule has 0 fully saturated rings. The molecule has 0 aliphatic carbocycles. The maximum atomic E-state index is 4.66. The van der Waals surface area contributed by atoms with E-state index >= 15 is 0 Å². The number of aliphatic imine (C=N–C) groups is 1. The summed E-state index contributed by atoms with van der Waals surface area (Å²) >= 11 is 0. The van der Waals surface area contributed by atoms with Crippen LogP contribution in [0.4, 0.5) is 0 Å². The number of rotatable bonds is 4. The molecule has 0 bridgehead atoms. The van der Waals surface area contributed by atoms with Crippen molar-refractivity contribution < 1.29 is 0 Å². The summed E-state index contributed by atoms with van der Waals surface area (Å²) < 4.78 is 0. The van der Waals surface area contributed by atoms with Crippen LogP contribution in [0.15, 0.2) is 66.1 Å². The molecule has 3 heterocycles. The van der Waals surface area contributed by atoms with Gasteiger partial charge in [0.2, 0.25) is 0 Å². The van der Waals surface area contributed by atoms with Crippen LogP contribution in [0, 0.1) is 5.92 Å². The Labute approximate surface area is 198 Å². The summed E-state index contributed by atoms with van der Waals surface area (Å²) in [4.78, 5) is 12.7. The molecule has 168 valence electrons. The Morgan fingerprint density at radius 2 is 1.56 bits per heavy atom. The van der Waals surface area contributed by atoms with Crippen molar-refractivity contribution in [3.8, 4) is 11.3 Å². The van der Waals surface area contributed by atoms with Gasteiger partial charge in [-0.3, -0.25) is 4.99 Å². The van der Waals surface area contributed by atoms with Crippen LogP contribution < -0.4 is 0 Å². The Morgan fingerprint density at radius 1 is 0.794 bits per heavy atom. The number of imidazole rings is 1. The fraction of sp³-hybridized carbons (Fsp3) is 0.241. The van der Waals surface area contributed by atoms with Crippen LogP contribution in [-0.2, 0) is 0 Å². The number of aromatic amines is 1. The van der Waals surface area contributed by atoms with Crippen molar-refractivity contribution in [3.63, 3.8) is 0 Å². The molecular formula is C29H27N5. The fourth-order valence-electron chi connectivity index (χ4n) is 4.85. The van der Waals surface area contributed by atoms with Crippen molar-refractivity contribution in [3.05, 3.63) is 72.4 Å². The first-order valence-corrected chi connectivity index (χ1v) is 11.9. The molecule has 0 radical (unpaired) electrons. The molecule has 0 saturated heterocycles. The summed E-state index contributed by atoms with van der Waals surface area (Å²) in [5.41, 5.74) is 6.79. The summed E-state index contributed by atoms with van der Waals surface area (Å²) in [6.45, 7) is 8.69. The number of nitrogens with zero attached hydrogens (tertiary/aromatic N) is 4. The van der Waals surface area contributed by atoms with Gasteiger partial charge >= 0.3 is 0 Å². The lowest BCUT2D eigenvalue weighted by molar-refractivity contribution is 0.795. The normalized spacial score (nSPS) is 14.1. The van der Waals surface area contributed by atoms with E-state index in [2.05, 4.69) is 95.3 Å². The van der Waals surface area contributed by atoms with Gasteiger partial charge in [0, 0.05) is 40.6 Å². The lowest BCUT2D eigenvalue weighted by Gasteiger charge is -2.12. The molecule has 34 heavy (non-hydrogen) atoms. The molecule has 0 atom stereocenters. The number of H-pyrrole nitrogens is 1. The zero-order chi connectivity index (χ0) is 23.4. The van der Waals surface area contributed by atoms with E-state index in [1.54, 1.807) is 6.20 Å². The van der Waals surface area contributed by atoms with Gasteiger partial charge in [0.05, 0.1) is 18.1 Å². The van der Waals surface area contributed by atoms with Crippen molar-refractivity contribution in [2.75, 3.05) is 0 Å². The van der Waals surface area contributed by atoms with Crippen molar-refractivity contribution in [2.45, 2.75) is 40.0 Å². The van der Waals surface area contributed by atoms with Crippen LogP contribution in [0.5, 0.6) is 0 Å². The number of benzene rings is 3. The van der Waals surface area contributed by atoms with E-state index < -0.39 is 0 Å². The Kier molecular flexibility index (Phi) is 4.80. The minimum atomic E-state index is 0.357. The highest BCUT2D eigenvalue weighted by Crippen LogP contribution is 2.38. The molecular weight excluding hydrogens is 418 g/mol. The van der Waals surface area contributed by atoms with Crippen LogP contribution >= 0.6 is 0 Å². The second-order valence-electron chi connectivity index (χ2n) is 9.76. The maximum absolute atomic E-state index is 4.66. The van der Waals surface area contributed by atoms with E-state index in [0.29, 0.717) is 11.8 Å². The first kappa shape index (κ1) is 20.7. The molecule has 1 aliphatic heterocycles. The zero-order valence-corrected chi connectivity index (χ0v) is 19.9. The molecule has 5 heteroatoms. The number of hydrogen-bond acceptors (Lipinski definition) is 4. The highest BCUT2D eigenvalue weighted by Gasteiger charge is 2.17. The second kappa shape index (κ2) is 7.87. The smallest absolute Gasteiger partial charge is 0.109 e. The third-order valence-electron chi connectivity index (χ3n) is 6.84. The van der Waals surface area contributed by atoms with Gasteiger partial charge in [-0.25, -0.2) is 4.98 Å². The third-order valence-corrected chi connectivity index (χ3v) is 6.84. The average molecular weight is 446 g/mol. The monoisotopic (exact) mass is 445 g/mol. The summed E-state index contributed by atoms with van der Waals surface area (Å²) in [7, 11) is 0. The van der Waals surface area contributed by atoms with Crippen LogP contribution in [0.3, 0.4) is 0 Å². The molecule has 0 spiro atoms. The molecule has 0 amide bonds. The largest absolute Gasteiger partial charge is 0.342 e. The molecule has 0 unspecified atom stereocenters. The lowest BCUT2D eigenvalue weighted by atomic mass is 9.92. The summed E-state index contributed by atoms with van der Waals surface area (Å²) in [6, 6.07) is 15.4. The number of nitrogens with one attached hydrogen (secondary N) is 1. The first-order chi connectivity index (χ1) is 16.5. The molecule has 2 aromatic heterocycles. The SMILES string of the molecule is CC(C)C1=NC=C(c2ccc3c(c2)c2ccnnc2c2cc(-c4cnc(C(C)C)[nH]4)ccc32)C1. The predicted octanol–water partition coefficient (Wildman–Crippen LogP) is 7.29. The Morgan fingerprint density at radius 3 is 2.29 bits per heavy atom. The summed E-state index contributed by atoms with van der Waals surface area (Å²) in [6.07, 6.45) is 6.64. The fourth-order valence-corrected chi connectivity index (χ4v) is 4.85. The Balaban J connectivity index is 1.53. The number of allylic oxidation sites excluding steroid dienone is 1. The van der Waals surface area contributed by atoms with Gasteiger partial charge in [0.1, 0.15) is 11.3 Å². The Bertz CT molecular complexity index is 1620. The van der Waals surface area contributed by atoms with E-state index in [-0.39, 0.29) is 0 Å². The molecule has 5 nitrogen and oxygen atoms in total. The van der Waals surface area contributed by atoms with Gasteiger partial charge in [0.15, 0.2) is 0 Å². The Hall–Kier alpha value is -3.86. The predicted molar refractivity (Wildman–Crippen MR) is 141 cm³/mol. The molecule has 6 rings (SSSR count). The third kappa shape index (κ3) is 3.31. The highest BCUT2D eigenvalue weighted by molar-refractivity contribution is 6.24. The number of fused-ring (bicyclic) bond motifs is 6. The molecule has 3 aromatic carbocycles. The first-order valence-electron chi connectivity index (χ1n) is 11.9. The average Bonchev–Trinajstić information content (AvgIpc) is 3.54. The second-order valence-corrected chi connectivity index (χ2v) is 9.76. The van der Waals surface area contributed by atoms with E-state index in [0.717, 1.165) is 39.8 Å². The standard InChI is InChI=1S/C29H27N5/c1-16(2)26-13-20(14-30-26)18-5-7-21-22-8-6-19(27-15-31-29(33-27)17(3)4)12-25(22)28-23(24(21)11-18)9-10-32-34-28/h5-12,14-17H,13H2,1-4H3,(H,31,33). The zero-order valence-electron chi connectivity index (χ0n) is 19.9. The number of hydrogen-bond donors (Lipinski definition) is 1. The molecule has 0 saturated carbocycles. The van der Waals surface area contributed by atoms with Gasteiger partial charge in [-0.2, -0.15) is 5.10 Å². The maximum Gasteiger partial charge on any atom is 0.109 e. The quantitative estimate of drug-likeness (QED) is 0.295. The van der Waals surface area contributed by atoms with Crippen LogP contribution in [0.1, 0.15) is 51.4 Å². The molecule has 1 aliphatic rings. The van der Waals surface area contributed by atoms with E-state index in [4.69, 9.17) is 0 Å². The van der Waals surface area contributed by atoms with Gasteiger partial charge < -0.3 is 4.98 Å². The lowest BCUT2D eigenvalue weighted by Crippen LogP contribution is -2.04. The van der Waals surface area contributed by atoms with Crippen LogP contribution in [0.2, 0.25) is 0 Å². The minimum Gasteiger partial charge on any atom is -0.342 e. The van der Waals surface area contributed by atoms with Crippen LogP contribution in [-0.4, -0.2) is 25.9 Å². The topological polar surface area (TPSA) is 66.8 Å². The van der Waals surface area contributed by atoms with Crippen LogP contribution in [0.25, 0.3) is 49.3 Å². The highest BCUT2D eigenvalue weighted by atomic mass is 15.1. The molecule has 1 N–H and O–H groups in total. The van der Waals surface area contributed by atoms with Crippen molar-refractivity contribution in [2.24, 2.45) is 10.9 Å². The van der Waals surface area contributed by atoms with Gasteiger partial charge in [0.25, 0.3) is 0 Å². The minimum absolute atomic E-state index is 0.357. The van der Waals surface area contributed by atoms with E-state index in [1.807, 2.05) is 12.4 Å². The van der Waals surface area contributed by atoms with E-state index in [9.17, 15) is 0 Å².